The highest BCUT2D eigenvalue weighted by molar-refractivity contribution is 9.10. The number of hydrogen-bond acceptors (Lipinski definition) is 4. The van der Waals surface area contributed by atoms with Crippen LogP contribution in [0.5, 0.6) is 5.75 Å². The van der Waals surface area contributed by atoms with Crippen molar-refractivity contribution in [1.82, 2.24) is 4.90 Å². The Balaban J connectivity index is 2.82. The van der Waals surface area contributed by atoms with Crippen LogP contribution in [0.3, 0.4) is 0 Å². The van der Waals surface area contributed by atoms with Crippen molar-refractivity contribution in [3.63, 3.8) is 0 Å². The van der Waals surface area contributed by atoms with Crippen molar-refractivity contribution in [3.05, 3.63) is 28.2 Å². The van der Waals surface area contributed by atoms with Gasteiger partial charge in [0.15, 0.2) is 5.84 Å². The summed E-state index contributed by atoms with van der Waals surface area (Å²) in [6, 6.07) is 5.30. The van der Waals surface area contributed by atoms with E-state index in [1.54, 1.807) is 18.2 Å². The molecule has 5 nitrogen and oxygen atoms in total. The van der Waals surface area contributed by atoms with Crippen LogP contribution in [-0.4, -0.2) is 42.2 Å². The predicted molar refractivity (Wildman–Crippen MR) is 79.9 cm³/mol. The van der Waals surface area contributed by atoms with Crippen LogP contribution >= 0.6 is 15.9 Å². The van der Waals surface area contributed by atoms with Gasteiger partial charge >= 0.3 is 0 Å². The highest BCUT2D eigenvalue weighted by Crippen LogP contribution is 2.27. The van der Waals surface area contributed by atoms with Gasteiger partial charge in [-0.25, -0.2) is 0 Å². The Bertz CT molecular complexity index is 473. The fourth-order valence-corrected chi connectivity index (χ4v) is 1.71. The van der Waals surface area contributed by atoms with Crippen LogP contribution in [0.25, 0.3) is 0 Å². The quantitative estimate of drug-likeness (QED) is 0.376. The third-order valence-electron chi connectivity index (χ3n) is 3.13. The molecule has 0 fully saturated rings. The number of oxime groups is 1. The van der Waals surface area contributed by atoms with E-state index in [1.165, 1.54) is 0 Å². The number of nitrogens with two attached hydrogens (primary N) is 1. The van der Waals surface area contributed by atoms with Gasteiger partial charge in [0, 0.05) is 11.1 Å². The van der Waals surface area contributed by atoms with E-state index >= 15 is 0 Å². The fraction of sp³-hybridized carbons (Fsp3) is 0.462. The lowest BCUT2D eigenvalue weighted by Crippen LogP contribution is -2.43. The monoisotopic (exact) mass is 329 g/mol. The molecule has 0 amide bonds. The summed E-state index contributed by atoms with van der Waals surface area (Å²) >= 11 is 3.42. The molecule has 6 heteroatoms. The Morgan fingerprint density at radius 2 is 2.11 bits per heavy atom. The van der Waals surface area contributed by atoms with Crippen molar-refractivity contribution in [2.45, 2.75) is 19.4 Å². The molecule has 0 saturated heterocycles. The number of amidine groups is 1. The van der Waals surface area contributed by atoms with Gasteiger partial charge in [-0.05, 0) is 62.1 Å². The fourth-order valence-electron chi connectivity index (χ4n) is 1.22. The third kappa shape index (κ3) is 4.11. The molecule has 0 spiro atoms. The van der Waals surface area contributed by atoms with Gasteiger partial charge in [-0.1, -0.05) is 5.16 Å². The van der Waals surface area contributed by atoms with Gasteiger partial charge < -0.3 is 20.6 Å². The van der Waals surface area contributed by atoms with Crippen LogP contribution in [0.4, 0.5) is 0 Å². The average Bonchev–Trinajstić information content (AvgIpc) is 2.36. The second-order valence-electron chi connectivity index (χ2n) is 5.13. The molecule has 0 aliphatic heterocycles. The van der Waals surface area contributed by atoms with Crippen LogP contribution < -0.4 is 10.5 Å². The SMILES string of the molecule is CN(C)C(C)(C)COc1ccc(/C(N)=N/O)cc1Br. The maximum Gasteiger partial charge on any atom is 0.170 e. The molecule has 0 heterocycles. The summed E-state index contributed by atoms with van der Waals surface area (Å²) in [5, 5.41) is 11.6. The molecule has 0 unspecified atom stereocenters. The van der Waals surface area contributed by atoms with Gasteiger partial charge in [0.05, 0.1) is 4.47 Å². The molecule has 0 aliphatic rings. The number of benzene rings is 1. The lowest BCUT2D eigenvalue weighted by molar-refractivity contribution is 0.113. The first kappa shape index (κ1) is 15.8. The number of hydrogen-bond donors (Lipinski definition) is 2. The number of nitrogens with zero attached hydrogens (tertiary/aromatic N) is 2. The summed E-state index contributed by atoms with van der Waals surface area (Å²) in [6.45, 7) is 4.76. The summed E-state index contributed by atoms with van der Waals surface area (Å²) < 4.78 is 6.57. The minimum absolute atomic E-state index is 0.0658. The molecular weight excluding hydrogens is 310 g/mol. The van der Waals surface area contributed by atoms with Crippen molar-refractivity contribution in [2.24, 2.45) is 10.9 Å². The van der Waals surface area contributed by atoms with E-state index < -0.39 is 0 Å². The average molecular weight is 330 g/mol. The first-order valence-electron chi connectivity index (χ1n) is 5.85. The molecule has 1 aromatic carbocycles. The van der Waals surface area contributed by atoms with Crippen molar-refractivity contribution in [2.75, 3.05) is 20.7 Å². The Kier molecular flexibility index (Phi) is 5.20. The lowest BCUT2D eigenvalue weighted by atomic mass is 10.1. The number of ether oxygens (including phenoxy) is 1. The zero-order valence-electron chi connectivity index (χ0n) is 11.6. The molecule has 1 aromatic rings. The Labute approximate surface area is 122 Å². The van der Waals surface area contributed by atoms with Crippen molar-refractivity contribution in [1.29, 1.82) is 0 Å². The van der Waals surface area contributed by atoms with Crippen molar-refractivity contribution < 1.29 is 9.94 Å². The van der Waals surface area contributed by atoms with Gasteiger partial charge in [-0.3, -0.25) is 0 Å². The van der Waals surface area contributed by atoms with Crippen LogP contribution in [-0.2, 0) is 0 Å². The maximum atomic E-state index is 8.63. The van der Waals surface area contributed by atoms with E-state index in [0.717, 1.165) is 10.2 Å². The number of rotatable bonds is 5. The Morgan fingerprint density at radius 1 is 1.47 bits per heavy atom. The molecule has 1 rings (SSSR count). The van der Waals surface area contributed by atoms with E-state index in [1.807, 2.05) is 14.1 Å². The summed E-state index contributed by atoms with van der Waals surface area (Å²) in [6.07, 6.45) is 0. The van der Waals surface area contributed by atoms with Gasteiger partial charge in [0.2, 0.25) is 0 Å². The van der Waals surface area contributed by atoms with Crippen LogP contribution in [0, 0.1) is 0 Å². The molecular formula is C13H20BrN3O2. The predicted octanol–water partition coefficient (Wildman–Crippen LogP) is 2.26. The van der Waals surface area contributed by atoms with Crippen LogP contribution in [0.1, 0.15) is 19.4 Å². The smallest absolute Gasteiger partial charge is 0.170 e. The normalized spacial score (nSPS) is 12.8. The first-order chi connectivity index (χ1) is 8.77. The molecule has 0 saturated carbocycles. The first-order valence-corrected chi connectivity index (χ1v) is 6.65. The molecule has 0 bridgehead atoms. The van der Waals surface area contributed by atoms with Gasteiger partial charge in [-0.15, -0.1) is 0 Å². The van der Waals surface area contributed by atoms with E-state index in [4.69, 9.17) is 15.7 Å². The molecule has 0 aliphatic carbocycles. The molecule has 19 heavy (non-hydrogen) atoms. The lowest BCUT2D eigenvalue weighted by Gasteiger charge is -2.32. The number of likely N-dealkylation sites (N-methyl/N-ethyl adjacent to an activating group) is 1. The van der Waals surface area contributed by atoms with E-state index in [9.17, 15) is 0 Å². The van der Waals surface area contributed by atoms with Gasteiger partial charge in [0.25, 0.3) is 0 Å². The second-order valence-corrected chi connectivity index (χ2v) is 5.98. The maximum absolute atomic E-state index is 8.63. The molecule has 3 N–H and O–H groups in total. The standard InChI is InChI=1S/C13H20BrN3O2/c1-13(2,17(3)4)8-19-11-6-5-9(7-10(11)14)12(15)16-18/h5-7,18H,8H2,1-4H3,(H2,15,16). The zero-order valence-corrected chi connectivity index (χ0v) is 13.2. The zero-order chi connectivity index (χ0) is 14.6. The Morgan fingerprint density at radius 3 is 2.58 bits per heavy atom. The molecule has 0 aromatic heterocycles. The minimum Gasteiger partial charge on any atom is -0.491 e. The highest BCUT2D eigenvalue weighted by Gasteiger charge is 2.21. The van der Waals surface area contributed by atoms with E-state index in [2.05, 4.69) is 39.8 Å². The molecule has 0 atom stereocenters. The molecule has 0 radical (unpaired) electrons. The summed E-state index contributed by atoms with van der Waals surface area (Å²) in [5.41, 5.74) is 6.10. The molecule has 106 valence electrons. The third-order valence-corrected chi connectivity index (χ3v) is 3.75. The van der Waals surface area contributed by atoms with Gasteiger partial charge in [0.1, 0.15) is 12.4 Å². The van der Waals surface area contributed by atoms with E-state index in [0.29, 0.717) is 12.2 Å². The summed E-state index contributed by atoms with van der Waals surface area (Å²) in [5.74, 6) is 0.797. The topological polar surface area (TPSA) is 71.1 Å². The van der Waals surface area contributed by atoms with E-state index in [-0.39, 0.29) is 11.4 Å². The van der Waals surface area contributed by atoms with Gasteiger partial charge in [-0.2, -0.15) is 0 Å². The summed E-state index contributed by atoms with van der Waals surface area (Å²) in [7, 11) is 4.03. The van der Waals surface area contributed by atoms with Crippen LogP contribution in [0.15, 0.2) is 27.8 Å². The highest BCUT2D eigenvalue weighted by atomic mass is 79.9. The van der Waals surface area contributed by atoms with Crippen LogP contribution in [0.2, 0.25) is 0 Å². The number of halogens is 1. The largest absolute Gasteiger partial charge is 0.491 e. The second kappa shape index (κ2) is 6.25. The summed E-state index contributed by atoms with van der Waals surface area (Å²) in [4.78, 5) is 2.10. The Hall–Kier alpha value is -1.27. The van der Waals surface area contributed by atoms with Crippen molar-refractivity contribution in [3.8, 4) is 5.75 Å². The minimum atomic E-state index is -0.0658. The van der Waals surface area contributed by atoms with Crippen molar-refractivity contribution >= 4 is 21.8 Å².